The molecule has 0 radical (unpaired) electrons. The first-order chi connectivity index (χ1) is 13.7. The zero-order valence-electron chi connectivity index (χ0n) is 17.5. The van der Waals surface area contributed by atoms with Crippen LogP contribution in [0.4, 0.5) is 5.69 Å². The Hall–Kier alpha value is -2.23. The summed E-state index contributed by atoms with van der Waals surface area (Å²) in [6.07, 6.45) is 0.196. The number of rotatable bonds is 6. The molecule has 9 heteroatoms. The molecule has 0 atom stereocenters. The van der Waals surface area contributed by atoms with Gasteiger partial charge in [-0.05, 0) is 38.6 Å². The molecule has 1 saturated heterocycles. The van der Waals surface area contributed by atoms with Crippen LogP contribution in [0, 0.1) is 13.8 Å². The molecule has 8 nitrogen and oxygen atoms in total. The predicted octanol–water partition coefficient (Wildman–Crippen LogP) is 1.54. The van der Waals surface area contributed by atoms with Crippen LogP contribution in [0.2, 0.25) is 0 Å². The third kappa shape index (κ3) is 4.68. The van der Waals surface area contributed by atoms with Gasteiger partial charge in [0.25, 0.3) is 0 Å². The number of benzene rings is 1. The Kier molecular flexibility index (Phi) is 6.40. The van der Waals surface area contributed by atoms with Gasteiger partial charge in [-0.1, -0.05) is 13.0 Å². The molecule has 1 N–H and O–H groups in total. The lowest BCUT2D eigenvalue weighted by Gasteiger charge is -2.33. The van der Waals surface area contributed by atoms with Crippen LogP contribution in [-0.2, 0) is 28.3 Å². The number of hydrogen-bond donors (Lipinski definition) is 1. The second kappa shape index (κ2) is 8.64. The Bertz CT molecular complexity index is 992. The van der Waals surface area contributed by atoms with Gasteiger partial charge in [0.1, 0.15) is 0 Å². The number of aryl methyl sites for hydroxylation is 2. The highest BCUT2D eigenvalue weighted by Crippen LogP contribution is 2.21. The summed E-state index contributed by atoms with van der Waals surface area (Å²) >= 11 is 0. The van der Waals surface area contributed by atoms with Gasteiger partial charge in [-0.3, -0.25) is 9.48 Å². The minimum atomic E-state index is -3.58. The van der Waals surface area contributed by atoms with Gasteiger partial charge in [0.05, 0.1) is 17.0 Å². The average Bonchev–Trinajstić information content (AvgIpc) is 2.94. The molecule has 1 aromatic carbocycles. The summed E-state index contributed by atoms with van der Waals surface area (Å²) < 4.78 is 29.2. The van der Waals surface area contributed by atoms with Crippen LogP contribution in [0.3, 0.4) is 0 Å². The first kappa shape index (κ1) is 21.5. The molecule has 0 saturated carbocycles. The Labute approximate surface area is 172 Å². The first-order valence-electron chi connectivity index (χ1n) is 9.84. The van der Waals surface area contributed by atoms with E-state index in [0.29, 0.717) is 18.8 Å². The number of carbonyl (C=O) groups excluding carboxylic acids is 1. The van der Waals surface area contributed by atoms with Crippen molar-refractivity contribution < 1.29 is 13.2 Å². The Morgan fingerprint density at radius 1 is 1.17 bits per heavy atom. The van der Waals surface area contributed by atoms with Gasteiger partial charge in [0.15, 0.2) is 0 Å². The summed E-state index contributed by atoms with van der Waals surface area (Å²) in [5, 5.41) is 7.15. The molecule has 158 valence electrons. The van der Waals surface area contributed by atoms with Gasteiger partial charge in [-0.2, -0.15) is 9.40 Å². The Morgan fingerprint density at radius 2 is 1.86 bits per heavy atom. The summed E-state index contributed by atoms with van der Waals surface area (Å²) in [5.41, 5.74) is 3.13. The summed E-state index contributed by atoms with van der Waals surface area (Å²) in [6.45, 7) is 9.22. The Balaban J connectivity index is 1.71. The lowest BCUT2D eigenvalue weighted by atomic mass is 10.1. The number of nitrogens with one attached hydrogen (secondary N) is 1. The molecule has 29 heavy (non-hydrogen) atoms. The molecule has 0 bridgehead atoms. The summed E-state index contributed by atoms with van der Waals surface area (Å²) in [7, 11) is -1.73. The minimum absolute atomic E-state index is 0.196. The number of aromatic nitrogens is 2. The average molecular weight is 420 g/mol. The summed E-state index contributed by atoms with van der Waals surface area (Å²) in [5.74, 6) is -0.199. The highest BCUT2D eigenvalue weighted by Gasteiger charge is 2.28. The quantitative estimate of drug-likeness (QED) is 0.768. The van der Waals surface area contributed by atoms with Gasteiger partial charge in [-0.25, -0.2) is 8.42 Å². The highest BCUT2D eigenvalue weighted by atomic mass is 32.2. The number of nitrogens with zero attached hydrogens (tertiary/aromatic N) is 4. The van der Waals surface area contributed by atoms with E-state index in [0.717, 1.165) is 36.6 Å². The number of piperazine rings is 1. The van der Waals surface area contributed by atoms with Crippen molar-refractivity contribution in [3.05, 3.63) is 41.2 Å². The van der Waals surface area contributed by atoms with Crippen molar-refractivity contribution in [1.29, 1.82) is 0 Å². The van der Waals surface area contributed by atoms with E-state index in [-0.39, 0.29) is 17.2 Å². The number of hydrogen-bond acceptors (Lipinski definition) is 5. The van der Waals surface area contributed by atoms with E-state index < -0.39 is 10.0 Å². The van der Waals surface area contributed by atoms with E-state index in [1.54, 1.807) is 22.9 Å². The third-order valence-electron chi connectivity index (χ3n) is 5.53. The van der Waals surface area contributed by atoms with Crippen molar-refractivity contribution in [3.63, 3.8) is 0 Å². The molecule has 0 aliphatic carbocycles. The molecule has 1 fully saturated rings. The summed E-state index contributed by atoms with van der Waals surface area (Å²) in [6, 6.07) is 6.47. The number of sulfonamides is 1. The van der Waals surface area contributed by atoms with Crippen LogP contribution >= 0.6 is 0 Å². The highest BCUT2D eigenvalue weighted by molar-refractivity contribution is 7.89. The fraction of sp³-hybridized carbons (Fsp3) is 0.500. The molecule has 1 aliphatic heterocycles. The second-order valence-corrected chi connectivity index (χ2v) is 9.30. The molecule has 1 aliphatic rings. The molecule has 3 rings (SSSR count). The minimum Gasteiger partial charge on any atom is -0.326 e. The van der Waals surface area contributed by atoms with Gasteiger partial charge in [-0.15, -0.1) is 0 Å². The van der Waals surface area contributed by atoms with E-state index in [1.807, 2.05) is 20.9 Å². The molecule has 2 aromatic rings. The van der Waals surface area contributed by atoms with Crippen molar-refractivity contribution in [1.82, 2.24) is 19.0 Å². The lowest BCUT2D eigenvalue weighted by molar-refractivity contribution is -0.115. The number of amides is 1. The SMILES string of the molecule is CCN1CCN(S(=O)(=O)c2cccc(NC(=O)Cc3c(C)nn(C)c3C)c2)CC1. The number of anilines is 1. The zero-order valence-corrected chi connectivity index (χ0v) is 18.3. The second-order valence-electron chi connectivity index (χ2n) is 7.36. The molecule has 2 heterocycles. The van der Waals surface area contributed by atoms with Crippen molar-refractivity contribution in [2.45, 2.75) is 32.1 Å². The van der Waals surface area contributed by atoms with Crippen LogP contribution in [0.25, 0.3) is 0 Å². The van der Waals surface area contributed by atoms with Crippen LogP contribution in [-0.4, -0.2) is 66.0 Å². The van der Waals surface area contributed by atoms with Crippen LogP contribution in [0.1, 0.15) is 23.9 Å². The molecule has 1 amide bonds. The van der Waals surface area contributed by atoms with E-state index in [4.69, 9.17) is 0 Å². The van der Waals surface area contributed by atoms with Crippen LogP contribution in [0.15, 0.2) is 29.2 Å². The standard InChI is InChI=1S/C20H29N5O3S/c1-5-24-9-11-25(12-10-24)29(27,28)18-8-6-7-17(13-18)21-20(26)14-19-15(2)22-23(4)16(19)3/h6-8,13H,5,9-12,14H2,1-4H3,(H,21,26). The van der Waals surface area contributed by atoms with Crippen molar-refractivity contribution in [3.8, 4) is 0 Å². The fourth-order valence-electron chi connectivity index (χ4n) is 3.61. The van der Waals surface area contributed by atoms with Crippen molar-refractivity contribution in [2.75, 3.05) is 38.0 Å². The maximum absolute atomic E-state index is 13.0. The van der Waals surface area contributed by atoms with Crippen LogP contribution < -0.4 is 5.32 Å². The predicted molar refractivity (Wildman–Crippen MR) is 112 cm³/mol. The summed E-state index contributed by atoms with van der Waals surface area (Å²) in [4.78, 5) is 14.9. The van der Waals surface area contributed by atoms with E-state index in [2.05, 4.69) is 22.2 Å². The van der Waals surface area contributed by atoms with Gasteiger partial charge in [0.2, 0.25) is 15.9 Å². The van der Waals surface area contributed by atoms with Crippen molar-refractivity contribution >= 4 is 21.6 Å². The maximum atomic E-state index is 13.0. The largest absolute Gasteiger partial charge is 0.326 e. The molecular formula is C20H29N5O3S. The van der Waals surface area contributed by atoms with Crippen LogP contribution in [0.5, 0.6) is 0 Å². The zero-order chi connectivity index (χ0) is 21.2. The monoisotopic (exact) mass is 419 g/mol. The normalized spacial score (nSPS) is 16.1. The van der Waals surface area contributed by atoms with Gasteiger partial charge < -0.3 is 10.2 Å². The topological polar surface area (TPSA) is 87.5 Å². The lowest BCUT2D eigenvalue weighted by Crippen LogP contribution is -2.48. The smallest absolute Gasteiger partial charge is 0.243 e. The molecule has 0 spiro atoms. The van der Waals surface area contributed by atoms with Gasteiger partial charge >= 0.3 is 0 Å². The maximum Gasteiger partial charge on any atom is 0.243 e. The third-order valence-corrected chi connectivity index (χ3v) is 7.42. The number of likely N-dealkylation sites (N-methyl/N-ethyl adjacent to an activating group) is 1. The van der Waals surface area contributed by atoms with E-state index >= 15 is 0 Å². The van der Waals surface area contributed by atoms with E-state index in [9.17, 15) is 13.2 Å². The first-order valence-corrected chi connectivity index (χ1v) is 11.3. The Morgan fingerprint density at radius 3 is 2.45 bits per heavy atom. The molecule has 1 aromatic heterocycles. The van der Waals surface area contributed by atoms with E-state index in [1.165, 1.54) is 10.4 Å². The molecular weight excluding hydrogens is 390 g/mol. The van der Waals surface area contributed by atoms with Crippen molar-refractivity contribution in [2.24, 2.45) is 7.05 Å². The van der Waals surface area contributed by atoms with Gasteiger partial charge in [0, 0.05) is 50.2 Å². The number of carbonyl (C=O) groups is 1. The fourth-order valence-corrected chi connectivity index (χ4v) is 5.08. The molecule has 0 unspecified atom stereocenters.